The highest BCUT2D eigenvalue weighted by Gasteiger charge is 2.17. The van der Waals surface area contributed by atoms with E-state index in [1.807, 2.05) is 30.7 Å². The van der Waals surface area contributed by atoms with E-state index in [-0.39, 0.29) is 5.25 Å². The lowest BCUT2D eigenvalue weighted by atomic mass is 10.1. The van der Waals surface area contributed by atoms with Crippen molar-refractivity contribution >= 4 is 11.8 Å². The molecule has 18 heavy (non-hydrogen) atoms. The van der Waals surface area contributed by atoms with Crippen LogP contribution in [0, 0.1) is 13.8 Å². The van der Waals surface area contributed by atoms with Crippen molar-refractivity contribution in [2.75, 3.05) is 6.54 Å². The predicted molar refractivity (Wildman–Crippen MR) is 74.6 cm³/mol. The Morgan fingerprint density at radius 2 is 2.00 bits per heavy atom. The summed E-state index contributed by atoms with van der Waals surface area (Å²) >= 11 is 1.67. The number of benzene rings is 1. The molecule has 0 aliphatic carbocycles. The van der Waals surface area contributed by atoms with Crippen molar-refractivity contribution in [2.45, 2.75) is 24.3 Å². The Balaban J connectivity index is 2.25. The first kappa shape index (κ1) is 13.1. The fourth-order valence-corrected chi connectivity index (χ4v) is 2.92. The molecule has 1 unspecified atom stereocenters. The van der Waals surface area contributed by atoms with Crippen molar-refractivity contribution in [2.24, 2.45) is 12.8 Å². The van der Waals surface area contributed by atoms with Crippen molar-refractivity contribution in [3.8, 4) is 0 Å². The molecule has 0 bridgehead atoms. The van der Waals surface area contributed by atoms with Gasteiger partial charge in [0.2, 0.25) is 0 Å². The molecule has 0 aliphatic heterocycles. The topological polar surface area (TPSA) is 56.7 Å². The van der Waals surface area contributed by atoms with Crippen LogP contribution in [0.3, 0.4) is 0 Å². The van der Waals surface area contributed by atoms with Gasteiger partial charge in [-0.2, -0.15) is 0 Å². The summed E-state index contributed by atoms with van der Waals surface area (Å²) in [4.78, 5) is 0. The summed E-state index contributed by atoms with van der Waals surface area (Å²) in [5, 5.41) is 9.37. The maximum absolute atomic E-state index is 5.90. The number of nitrogens with two attached hydrogens (primary N) is 1. The van der Waals surface area contributed by atoms with Crippen LogP contribution < -0.4 is 5.73 Å². The second-order valence-corrected chi connectivity index (χ2v) is 5.46. The summed E-state index contributed by atoms with van der Waals surface area (Å²) in [5.41, 5.74) is 8.43. The van der Waals surface area contributed by atoms with Crippen LogP contribution in [0.25, 0.3) is 0 Å². The minimum Gasteiger partial charge on any atom is -0.329 e. The maximum Gasteiger partial charge on any atom is 0.191 e. The van der Waals surface area contributed by atoms with Crippen LogP contribution in [0.5, 0.6) is 0 Å². The molecule has 0 saturated heterocycles. The van der Waals surface area contributed by atoms with Gasteiger partial charge in [-0.3, -0.25) is 0 Å². The fraction of sp³-hybridized carbons (Fsp3) is 0.385. The van der Waals surface area contributed by atoms with Crippen LogP contribution in [0.1, 0.15) is 22.2 Å². The molecule has 2 rings (SSSR count). The Morgan fingerprint density at radius 1 is 1.28 bits per heavy atom. The summed E-state index contributed by atoms with van der Waals surface area (Å²) in [5.74, 6) is 0.915. The van der Waals surface area contributed by atoms with Gasteiger partial charge < -0.3 is 10.3 Å². The number of thioether (sulfide) groups is 1. The van der Waals surface area contributed by atoms with Gasteiger partial charge in [0.1, 0.15) is 5.82 Å². The van der Waals surface area contributed by atoms with E-state index in [0.29, 0.717) is 6.54 Å². The van der Waals surface area contributed by atoms with Gasteiger partial charge in [-0.25, -0.2) is 0 Å². The van der Waals surface area contributed by atoms with Crippen LogP contribution in [-0.2, 0) is 7.05 Å². The first-order valence-corrected chi connectivity index (χ1v) is 6.79. The van der Waals surface area contributed by atoms with E-state index in [1.54, 1.807) is 11.8 Å². The molecule has 5 heteroatoms. The van der Waals surface area contributed by atoms with E-state index in [1.165, 1.54) is 11.1 Å². The van der Waals surface area contributed by atoms with Crippen LogP contribution in [-0.4, -0.2) is 21.3 Å². The fourth-order valence-electron chi connectivity index (χ4n) is 1.80. The second-order valence-electron chi connectivity index (χ2n) is 4.29. The van der Waals surface area contributed by atoms with Gasteiger partial charge in [-0.05, 0) is 25.0 Å². The van der Waals surface area contributed by atoms with E-state index >= 15 is 0 Å². The Kier molecular flexibility index (Phi) is 4.04. The molecule has 1 heterocycles. The average Bonchev–Trinajstić information content (AvgIpc) is 2.68. The van der Waals surface area contributed by atoms with Crippen molar-refractivity contribution in [1.29, 1.82) is 0 Å². The van der Waals surface area contributed by atoms with Crippen molar-refractivity contribution < 1.29 is 0 Å². The predicted octanol–water partition coefficient (Wildman–Crippen LogP) is 2.22. The third-order valence-corrected chi connectivity index (χ3v) is 4.35. The summed E-state index contributed by atoms with van der Waals surface area (Å²) in [6, 6.07) is 8.33. The molecular weight excluding hydrogens is 244 g/mol. The van der Waals surface area contributed by atoms with E-state index in [4.69, 9.17) is 5.73 Å². The summed E-state index contributed by atoms with van der Waals surface area (Å²) < 4.78 is 1.99. The second kappa shape index (κ2) is 5.54. The minimum absolute atomic E-state index is 0.216. The largest absolute Gasteiger partial charge is 0.329 e. The van der Waals surface area contributed by atoms with Gasteiger partial charge in [0.25, 0.3) is 0 Å². The third-order valence-electron chi connectivity index (χ3n) is 3.05. The lowest BCUT2D eigenvalue weighted by molar-refractivity contribution is 0.760. The number of aryl methyl sites for hydroxylation is 2. The zero-order valence-corrected chi connectivity index (χ0v) is 11.7. The zero-order chi connectivity index (χ0) is 13.1. The van der Waals surface area contributed by atoms with Crippen molar-refractivity contribution in [3.63, 3.8) is 0 Å². The lowest BCUT2D eigenvalue weighted by Gasteiger charge is -2.16. The van der Waals surface area contributed by atoms with E-state index in [0.717, 1.165) is 11.0 Å². The average molecular weight is 262 g/mol. The smallest absolute Gasteiger partial charge is 0.191 e. The molecule has 96 valence electrons. The number of aromatic nitrogens is 3. The van der Waals surface area contributed by atoms with Crippen molar-refractivity contribution in [1.82, 2.24) is 14.8 Å². The Morgan fingerprint density at radius 3 is 2.56 bits per heavy atom. The number of hydrogen-bond donors (Lipinski definition) is 1. The lowest BCUT2D eigenvalue weighted by Crippen LogP contribution is -2.11. The van der Waals surface area contributed by atoms with Crippen molar-refractivity contribution in [3.05, 3.63) is 41.2 Å². The van der Waals surface area contributed by atoms with Crippen LogP contribution in [0.4, 0.5) is 0 Å². The normalized spacial score (nSPS) is 12.7. The highest BCUT2D eigenvalue weighted by Crippen LogP contribution is 2.34. The van der Waals surface area contributed by atoms with Gasteiger partial charge in [-0.15, -0.1) is 10.2 Å². The summed E-state index contributed by atoms with van der Waals surface area (Å²) in [7, 11) is 1.98. The highest BCUT2D eigenvalue weighted by atomic mass is 32.2. The Labute approximate surface area is 112 Å². The first-order chi connectivity index (χ1) is 8.63. The molecule has 0 fully saturated rings. The summed E-state index contributed by atoms with van der Waals surface area (Å²) in [6.45, 7) is 4.64. The monoisotopic (exact) mass is 262 g/mol. The van der Waals surface area contributed by atoms with Gasteiger partial charge in [0.05, 0.1) is 0 Å². The maximum atomic E-state index is 5.90. The summed E-state index contributed by atoms with van der Waals surface area (Å²) in [6.07, 6.45) is 0. The van der Waals surface area contributed by atoms with Gasteiger partial charge >= 0.3 is 0 Å². The van der Waals surface area contributed by atoms with Gasteiger partial charge in [-0.1, -0.05) is 36.0 Å². The molecule has 1 aromatic carbocycles. The van der Waals surface area contributed by atoms with E-state index < -0.39 is 0 Å². The standard InChI is InChI=1S/C13H18N4S/c1-9-6-4-5-7-11(9)12(8-14)18-13-16-15-10(2)17(13)3/h4-7,12H,8,14H2,1-3H3. The molecule has 2 N–H and O–H groups in total. The number of hydrogen-bond acceptors (Lipinski definition) is 4. The molecular formula is C13H18N4S. The minimum atomic E-state index is 0.216. The zero-order valence-electron chi connectivity index (χ0n) is 10.9. The van der Waals surface area contributed by atoms with E-state index in [9.17, 15) is 0 Å². The van der Waals surface area contributed by atoms with Crippen LogP contribution >= 0.6 is 11.8 Å². The SMILES string of the molecule is Cc1ccccc1C(CN)Sc1nnc(C)n1C. The molecule has 2 aromatic rings. The Bertz CT molecular complexity index is 536. The number of nitrogens with zero attached hydrogens (tertiary/aromatic N) is 3. The molecule has 1 atom stereocenters. The molecule has 0 saturated carbocycles. The molecule has 0 spiro atoms. The quantitative estimate of drug-likeness (QED) is 0.858. The molecule has 0 amide bonds. The van der Waals surface area contributed by atoms with Crippen LogP contribution in [0.2, 0.25) is 0 Å². The molecule has 1 aromatic heterocycles. The Hall–Kier alpha value is -1.33. The molecule has 4 nitrogen and oxygen atoms in total. The van der Waals surface area contributed by atoms with Gasteiger partial charge in [0, 0.05) is 18.8 Å². The third kappa shape index (κ3) is 2.57. The van der Waals surface area contributed by atoms with Crippen LogP contribution in [0.15, 0.2) is 29.4 Å². The number of rotatable bonds is 4. The van der Waals surface area contributed by atoms with E-state index in [2.05, 4.69) is 29.3 Å². The highest BCUT2D eigenvalue weighted by molar-refractivity contribution is 7.99. The van der Waals surface area contributed by atoms with Gasteiger partial charge in [0.15, 0.2) is 5.16 Å². The first-order valence-electron chi connectivity index (χ1n) is 5.91. The molecule has 0 radical (unpaired) electrons. The molecule has 0 aliphatic rings.